The lowest BCUT2D eigenvalue weighted by Gasteiger charge is -1.95. The van der Waals surface area contributed by atoms with Crippen molar-refractivity contribution in [2.24, 2.45) is 0 Å². The van der Waals surface area contributed by atoms with Gasteiger partial charge in [-0.05, 0) is 29.8 Å². The maximum absolute atomic E-state index is 12.7. The smallest absolute Gasteiger partial charge is 0.328 e. The van der Waals surface area contributed by atoms with Crippen LogP contribution in [0.3, 0.4) is 0 Å². The third kappa shape index (κ3) is 3.38. The second-order valence-electron chi connectivity index (χ2n) is 2.37. The first kappa shape index (κ1) is 9.92. The van der Waals surface area contributed by atoms with Crippen LogP contribution in [-0.4, -0.2) is 11.1 Å². The number of carbonyl (C=O) groups is 1. The molecule has 0 saturated carbocycles. The predicted octanol–water partition coefficient (Wildman–Crippen LogP) is 2.69. The van der Waals surface area contributed by atoms with E-state index in [1.54, 1.807) is 6.07 Å². The molecule has 1 aromatic rings. The summed E-state index contributed by atoms with van der Waals surface area (Å²) in [5, 5.41) is 8.32. The summed E-state index contributed by atoms with van der Waals surface area (Å²) >= 11 is 3.10. The fraction of sp³-hybridized carbons (Fsp3) is 0. The minimum absolute atomic E-state index is 0.403. The quantitative estimate of drug-likeness (QED) is 0.813. The summed E-state index contributed by atoms with van der Waals surface area (Å²) in [7, 11) is 0. The Kier molecular flexibility index (Phi) is 3.19. The molecule has 0 aliphatic heterocycles. The summed E-state index contributed by atoms with van der Waals surface area (Å²) in [6, 6.07) is 4.19. The van der Waals surface area contributed by atoms with Gasteiger partial charge in [0.15, 0.2) is 0 Å². The van der Waals surface area contributed by atoms with E-state index in [9.17, 15) is 9.18 Å². The zero-order chi connectivity index (χ0) is 9.84. The van der Waals surface area contributed by atoms with Crippen molar-refractivity contribution in [1.82, 2.24) is 0 Å². The Morgan fingerprint density at radius 3 is 2.69 bits per heavy atom. The molecule has 1 aromatic carbocycles. The van der Waals surface area contributed by atoms with Crippen LogP contribution in [0.1, 0.15) is 5.56 Å². The van der Waals surface area contributed by atoms with Crippen molar-refractivity contribution in [2.45, 2.75) is 0 Å². The van der Waals surface area contributed by atoms with E-state index in [-0.39, 0.29) is 0 Å². The maximum atomic E-state index is 12.7. The Morgan fingerprint density at radius 1 is 1.46 bits per heavy atom. The lowest BCUT2D eigenvalue weighted by molar-refractivity contribution is -0.131. The zero-order valence-corrected chi connectivity index (χ0v) is 8.08. The first-order valence-corrected chi connectivity index (χ1v) is 4.24. The number of aliphatic carboxylic acids is 1. The number of halogens is 2. The predicted molar refractivity (Wildman–Crippen MR) is 50.8 cm³/mol. The van der Waals surface area contributed by atoms with E-state index in [4.69, 9.17) is 5.11 Å². The van der Waals surface area contributed by atoms with Crippen LogP contribution in [0.15, 0.2) is 28.7 Å². The van der Waals surface area contributed by atoms with Crippen molar-refractivity contribution in [3.63, 3.8) is 0 Å². The Morgan fingerprint density at radius 2 is 2.15 bits per heavy atom. The van der Waals surface area contributed by atoms with Gasteiger partial charge < -0.3 is 5.11 Å². The molecule has 68 valence electrons. The molecule has 0 spiro atoms. The zero-order valence-electron chi connectivity index (χ0n) is 6.50. The number of rotatable bonds is 2. The van der Waals surface area contributed by atoms with E-state index in [0.29, 0.717) is 10.0 Å². The number of benzene rings is 1. The molecule has 2 nitrogen and oxygen atoms in total. The highest BCUT2D eigenvalue weighted by Gasteiger charge is 1.96. The Labute approximate surface area is 82.8 Å². The van der Waals surface area contributed by atoms with Crippen LogP contribution >= 0.6 is 15.9 Å². The molecule has 0 heterocycles. The number of hydrogen-bond donors (Lipinski definition) is 1. The molecule has 1 N–H and O–H groups in total. The molecule has 1 rings (SSSR count). The number of hydrogen-bond acceptors (Lipinski definition) is 1. The van der Waals surface area contributed by atoms with Gasteiger partial charge in [0.25, 0.3) is 0 Å². The highest BCUT2D eigenvalue weighted by atomic mass is 79.9. The Hall–Kier alpha value is -1.16. The first-order chi connectivity index (χ1) is 6.08. The molecule has 0 fully saturated rings. The molecular formula is C9H6BrFO2. The van der Waals surface area contributed by atoms with Gasteiger partial charge in [-0.25, -0.2) is 9.18 Å². The van der Waals surface area contributed by atoms with E-state index in [2.05, 4.69) is 15.9 Å². The molecule has 0 amide bonds. The minimum Gasteiger partial charge on any atom is -0.478 e. The molecule has 0 aromatic heterocycles. The highest BCUT2D eigenvalue weighted by Crippen LogP contribution is 2.15. The lowest BCUT2D eigenvalue weighted by Crippen LogP contribution is -1.86. The van der Waals surface area contributed by atoms with Crippen molar-refractivity contribution in [3.8, 4) is 0 Å². The normalized spacial score (nSPS) is 10.6. The number of carboxylic acids is 1. The fourth-order valence-electron chi connectivity index (χ4n) is 0.839. The topological polar surface area (TPSA) is 37.3 Å². The largest absolute Gasteiger partial charge is 0.478 e. The molecule has 0 aliphatic rings. The van der Waals surface area contributed by atoms with Gasteiger partial charge in [-0.3, -0.25) is 0 Å². The Balaban J connectivity index is 2.95. The van der Waals surface area contributed by atoms with Crippen LogP contribution in [0.4, 0.5) is 4.39 Å². The van der Waals surface area contributed by atoms with Gasteiger partial charge in [0, 0.05) is 10.5 Å². The third-order valence-corrected chi connectivity index (χ3v) is 1.76. The second kappa shape index (κ2) is 4.18. The molecule has 0 unspecified atom stereocenters. The van der Waals surface area contributed by atoms with E-state index in [1.807, 2.05) is 0 Å². The van der Waals surface area contributed by atoms with Crippen molar-refractivity contribution < 1.29 is 14.3 Å². The molecule has 0 radical (unpaired) electrons. The summed E-state index contributed by atoms with van der Waals surface area (Å²) < 4.78 is 13.3. The van der Waals surface area contributed by atoms with Gasteiger partial charge in [-0.15, -0.1) is 0 Å². The summed E-state index contributed by atoms with van der Waals surface area (Å²) in [5.41, 5.74) is 0.509. The minimum atomic E-state index is -1.06. The van der Waals surface area contributed by atoms with Crippen LogP contribution in [0.2, 0.25) is 0 Å². The van der Waals surface area contributed by atoms with Crippen LogP contribution in [0.5, 0.6) is 0 Å². The average Bonchev–Trinajstić information content (AvgIpc) is 1.99. The van der Waals surface area contributed by atoms with Crippen LogP contribution in [0, 0.1) is 5.82 Å². The summed E-state index contributed by atoms with van der Waals surface area (Å²) in [6.07, 6.45) is 2.29. The average molecular weight is 245 g/mol. The van der Waals surface area contributed by atoms with Gasteiger partial charge in [-0.2, -0.15) is 0 Å². The molecular weight excluding hydrogens is 239 g/mol. The van der Waals surface area contributed by atoms with E-state index < -0.39 is 11.8 Å². The molecule has 13 heavy (non-hydrogen) atoms. The first-order valence-electron chi connectivity index (χ1n) is 3.45. The molecule has 0 aliphatic carbocycles. The van der Waals surface area contributed by atoms with Gasteiger partial charge >= 0.3 is 5.97 Å². The fourth-order valence-corrected chi connectivity index (χ4v) is 1.32. The lowest BCUT2D eigenvalue weighted by atomic mass is 10.2. The van der Waals surface area contributed by atoms with Crippen LogP contribution in [-0.2, 0) is 4.79 Å². The Bertz CT molecular complexity index is 340. The van der Waals surface area contributed by atoms with E-state index in [1.165, 1.54) is 18.2 Å². The number of carboxylic acid groups (broad SMARTS) is 1. The monoisotopic (exact) mass is 244 g/mol. The van der Waals surface area contributed by atoms with Gasteiger partial charge in [0.1, 0.15) is 5.82 Å². The van der Waals surface area contributed by atoms with E-state index in [0.717, 1.165) is 6.08 Å². The summed E-state index contributed by atoms with van der Waals surface area (Å²) in [6.45, 7) is 0. The van der Waals surface area contributed by atoms with Crippen LogP contribution in [0.25, 0.3) is 6.08 Å². The second-order valence-corrected chi connectivity index (χ2v) is 3.29. The SMILES string of the molecule is O=C(O)/C=C/c1cc(F)cc(Br)c1. The van der Waals surface area contributed by atoms with Crippen molar-refractivity contribution in [2.75, 3.05) is 0 Å². The van der Waals surface area contributed by atoms with Crippen molar-refractivity contribution >= 4 is 28.0 Å². The standard InChI is InChI=1S/C9H6BrFO2/c10-7-3-6(1-2-9(12)13)4-8(11)5-7/h1-5H,(H,12,13)/b2-1+. The van der Waals surface area contributed by atoms with Gasteiger partial charge in [0.05, 0.1) is 0 Å². The molecule has 0 bridgehead atoms. The van der Waals surface area contributed by atoms with E-state index >= 15 is 0 Å². The summed E-state index contributed by atoms with van der Waals surface area (Å²) in [4.78, 5) is 10.2. The van der Waals surface area contributed by atoms with Crippen molar-refractivity contribution in [3.05, 3.63) is 40.1 Å². The van der Waals surface area contributed by atoms with Crippen molar-refractivity contribution in [1.29, 1.82) is 0 Å². The van der Waals surface area contributed by atoms with Gasteiger partial charge in [-0.1, -0.05) is 15.9 Å². The third-order valence-electron chi connectivity index (χ3n) is 1.30. The highest BCUT2D eigenvalue weighted by molar-refractivity contribution is 9.10. The maximum Gasteiger partial charge on any atom is 0.328 e. The molecule has 0 saturated heterocycles. The summed E-state index contributed by atoms with van der Waals surface area (Å²) in [5.74, 6) is -1.46. The van der Waals surface area contributed by atoms with Crippen LogP contribution < -0.4 is 0 Å². The molecule has 4 heteroatoms. The molecule has 0 atom stereocenters. The van der Waals surface area contributed by atoms with Gasteiger partial charge in [0.2, 0.25) is 0 Å².